The Morgan fingerprint density at radius 3 is 1.31 bits per heavy atom. The Hall–Kier alpha value is -6.92. The van der Waals surface area contributed by atoms with E-state index in [0.29, 0.717) is 54.0 Å². The van der Waals surface area contributed by atoms with E-state index in [2.05, 4.69) is 62.7 Å². The lowest BCUT2D eigenvalue weighted by Crippen LogP contribution is -2.26. The number of pyridine rings is 2. The van der Waals surface area contributed by atoms with Crippen LogP contribution < -0.4 is 32.6 Å². The summed E-state index contributed by atoms with van der Waals surface area (Å²) in [5.41, 5.74) is 20.4. The first-order valence-corrected chi connectivity index (χ1v) is 17.7. The molecule has 5 rings (SSSR count). The quantitative estimate of drug-likeness (QED) is 0.0681. The number of allylic oxidation sites excluding steroid dienone is 2. The molecular formula is C36H34N12O4S2. The number of nitrogens with one attached hydrogen (secondary N) is 6. The minimum Gasteiger partial charge on any atom is -0.274 e. The number of aromatic nitrogens is 4. The van der Waals surface area contributed by atoms with E-state index in [1.165, 1.54) is 61.3 Å². The monoisotopic (exact) mass is 762 g/mol. The lowest BCUT2D eigenvalue weighted by Gasteiger charge is -2.04. The van der Waals surface area contributed by atoms with Crippen LogP contribution in [0.5, 0.6) is 0 Å². The third-order valence-corrected chi connectivity index (χ3v) is 9.18. The maximum atomic E-state index is 12.8. The second kappa shape index (κ2) is 18.5. The van der Waals surface area contributed by atoms with Crippen molar-refractivity contribution in [3.63, 3.8) is 0 Å². The zero-order valence-corrected chi connectivity index (χ0v) is 31.0. The van der Waals surface area contributed by atoms with Crippen molar-refractivity contribution in [1.29, 1.82) is 0 Å². The molecule has 16 nitrogen and oxygen atoms in total. The molecule has 274 valence electrons. The van der Waals surface area contributed by atoms with Crippen molar-refractivity contribution in [2.45, 2.75) is 27.7 Å². The van der Waals surface area contributed by atoms with E-state index in [9.17, 15) is 19.2 Å². The summed E-state index contributed by atoms with van der Waals surface area (Å²) in [6.07, 6.45) is 13.3. The predicted octanol–water partition coefficient (Wildman–Crippen LogP) is 4.63. The van der Waals surface area contributed by atoms with Gasteiger partial charge < -0.3 is 0 Å². The number of rotatable bonds is 14. The van der Waals surface area contributed by atoms with Gasteiger partial charge in [-0.3, -0.25) is 50.8 Å². The molecule has 6 N–H and O–H groups in total. The molecule has 0 atom stereocenters. The number of nitrogens with zero attached hydrogens (tertiary/aromatic N) is 6. The van der Waals surface area contributed by atoms with Crippen LogP contribution in [0.3, 0.4) is 0 Å². The van der Waals surface area contributed by atoms with Crippen LogP contribution in [0, 0.1) is 13.8 Å². The number of anilines is 2. The average molecular weight is 763 g/mol. The van der Waals surface area contributed by atoms with Gasteiger partial charge in [0.2, 0.25) is 22.1 Å². The molecule has 4 heterocycles. The Balaban J connectivity index is 1.38. The zero-order valence-electron chi connectivity index (χ0n) is 29.4. The van der Waals surface area contributed by atoms with Crippen molar-refractivity contribution < 1.29 is 19.2 Å². The topological polar surface area (TPSA) is 217 Å². The van der Waals surface area contributed by atoms with Gasteiger partial charge >= 0.3 is 0 Å². The van der Waals surface area contributed by atoms with Crippen LogP contribution in [-0.2, 0) is 9.59 Å². The van der Waals surface area contributed by atoms with E-state index in [-0.39, 0.29) is 11.8 Å². The molecular weight excluding hydrogens is 729 g/mol. The second-order valence-electron chi connectivity index (χ2n) is 11.2. The van der Waals surface area contributed by atoms with Crippen molar-refractivity contribution >= 4 is 80.1 Å². The second-order valence-corrected chi connectivity index (χ2v) is 13.2. The molecule has 0 aliphatic rings. The summed E-state index contributed by atoms with van der Waals surface area (Å²) < 4.78 is 0. The van der Waals surface area contributed by atoms with Crippen LogP contribution in [0.15, 0.2) is 95.7 Å². The molecule has 4 amide bonds. The average Bonchev–Trinajstić information content (AvgIpc) is 3.74. The molecule has 0 bridgehead atoms. The molecule has 0 saturated heterocycles. The first-order chi connectivity index (χ1) is 26.0. The molecule has 4 aromatic heterocycles. The molecule has 1 aromatic carbocycles. The summed E-state index contributed by atoms with van der Waals surface area (Å²) in [7, 11) is 0. The highest BCUT2D eigenvalue weighted by Gasteiger charge is 2.15. The molecule has 0 saturated carbocycles. The van der Waals surface area contributed by atoms with Gasteiger partial charge in [0.1, 0.15) is 11.4 Å². The molecule has 0 spiro atoms. The molecule has 18 heteroatoms. The third kappa shape index (κ3) is 11.0. The van der Waals surface area contributed by atoms with Crippen molar-refractivity contribution in [3.8, 4) is 0 Å². The normalized spacial score (nSPS) is 11.7. The number of hydrogen-bond donors (Lipinski definition) is 6. The number of hydrogen-bond acceptors (Lipinski definition) is 14. The fourth-order valence-electron chi connectivity index (χ4n) is 4.41. The summed E-state index contributed by atoms with van der Waals surface area (Å²) >= 11 is 2.51. The van der Waals surface area contributed by atoms with Gasteiger partial charge in [0.05, 0.1) is 21.1 Å². The largest absolute Gasteiger partial charge is 0.274 e. The highest BCUT2D eigenvalue weighted by Crippen LogP contribution is 2.25. The fraction of sp³-hybridized carbons (Fsp3) is 0.111. The Morgan fingerprint density at radius 1 is 0.593 bits per heavy atom. The SMILES string of the molecule is CC(=O)NNc1nc(C)c(C(/C=C/c2ccc(/C=C/C(=N\NC(=O)c3ccncc3)c3sc(NNC(C)=O)nc3C)cc2)=N/NC(=O)c2ccncc2)s1. The van der Waals surface area contributed by atoms with E-state index < -0.39 is 11.8 Å². The predicted molar refractivity (Wildman–Crippen MR) is 210 cm³/mol. The minimum atomic E-state index is -0.410. The van der Waals surface area contributed by atoms with Gasteiger partial charge in [0, 0.05) is 49.8 Å². The maximum absolute atomic E-state index is 12.8. The van der Waals surface area contributed by atoms with E-state index in [0.717, 1.165) is 11.1 Å². The summed E-state index contributed by atoms with van der Waals surface area (Å²) in [4.78, 5) is 66.5. The van der Waals surface area contributed by atoms with E-state index >= 15 is 0 Å². The number of benzene rings is 1. The summed E-state index contributed by atoms with van der Waals surface area (Å²) in [6.45, 7) is 6.36. The molecule has 5 aromatic rings. The Labute approximate surface area is 317 Å². The third-order valence-electron chi connectivity index (χ3n) is 6.99. The van der Waals surface area contributed by atoms with Crippen LogP contribution in [0.1, 0.15) is 66.8 Å². The number of aryl methyl sites for hydroxylation is 2. The van der Waals surface area contributed by atoms with E-state index in [1.807, 2.05) is 36.4 Å². The number of hydrazine groups is 2. The first-order valence-electron chi connectivity index (χ1n) is 16.1. The molecule has 0 fully saturated rings. The van der Waals surface area contributed by atoms with Crippen molar-refractivity contribution in [1.82, 2.24) is 41.6 Å². The molecule has 0 aliphatic carbocycles. The van der Waals surface area contributed by atoms with Gasteiger partial charge in [0.25, 0.3) is 11.8 Å². The number of carbonyl (C=O) groups is 4. The summed E-state index contributed by atoms with van der Waals surface area (Å²) in [5.74, 6) is -1.37. The van der Waals surface area contributed by atoms with Gasteiger partial charge in [-0.2, -0.15) is 10.2 Å². The number of amides is 4. The highest BCUT2D eigenvalue weighted by atomic mass is 32.1. The van der Waals surface area contributed by atoms with Crippen molar-refractivity contribution in [2.75, 3.05) is 10.9 Å². The lowest BCUT2D eigenvalue weighted by molar-refractivity contribution is -0.119. The Morgan fingerprint density at radius 2 is 0.963 bits per heavy atom. The summed E-state index contributed by atoms with van der Waals surface area (Å²) in [5, 5.41) is 9.71. The maximum Gasteiger partial charge on any atom is 0.271 e. The van der Waals surface area contributed by atoms with Crippen molar-refractivity contribution in [2.24, 2.45) is 10.2 Å². The fourth-order valence-corrected chi connectivity index (χ4v) is 6.19. The highest BCUT2D eigenvalue weighted by molar-refractivity contribution is 7.18. The van der Waals surface area contributed by atoms with Crippen LogP contribution in [0.25, 0.3) is 12.2 Å². The first kappa shape index (κ1) is 38.3. The molecule has 0 unspecified atom stereocenters. The van der Waals surface area contributed by atoms with Crippen LogP contribution >= 0.6 is 22.7 Å². The minimum absolute atomic E-state index is 0.277. The standard InChI is InChI=1S/C36H34N12O4S2/c1-21-31(53-35(39-21)47-41-23(3)49)29(43-45-33(51)27-13-17-37-18-14-27)11-9-25-5-7-26(8-6-25)10-12-30(44-46-34(52)28-15-19-38-20-16-28)32-22(2)40-36(54-32)48-42-24(4)50/h5-20H,1-4H3,(H,39,47)(H,40,48)(H,41,49)(H,42,50)(H,45,51)(H,46,52)/b11-9+,12-10+,43-29+,44-30+. The number of hydrazone groups is 2. The van der Waals surface area contributed by atoms with Gasteiger partial charge in [-0.25, -0.2) is 20.8 Å². The van der Waals surface area contributed by atoms with E-state index in [4.69, 9.17) is 0 Å². The molecule has 54 heavy (non-hydrogen) atoms. The smallest absolute Gasteiger partial charge is 0.271 e. The van der Waals surface area contributed by atoms with Gasteiger partial charge in [-0.15, -0.1) is 0 Å². The number of carbonyl (C=O) groups excluding carboxylic acids is 4. The Bertz CT molecular complexity index is 2090. The van der Waals surface area contributed by atoms with Crippen LogP contribution in [-0.4, -0.2) is 55.0 Å². The van der Waals surface area contributed by atoms with Gasteiger partial charge in [-0.1, -0.05) is 59.1 Å². The lowest BCUT2D eigenvalue weighted by atomic mass is 10.1. The van der Waals surface area contributed by atoms with Crippen LogP contribution in [0.2, 0.25) is 0 Å². The summed E-state index contributed by atoms with van der Waals surface area (Å²) in [6, 6.07) is 13.9. The van der Waals surface area contributed by atoms with Gasteiger partial charge in [-0.05, 0) is 61.4 Å². The zero-order chi connectivity index (χ0) is 38.5. The molecule has 0 radical (unpaired) electrons. The molecule has 0 aliphatic heterocycles. The van der Waals surface area contributed by atoms with Gasteiger partial charge in [0.15, 0.2) is 0 Å². The van der Waals surface area contributed by atoms with Crippen molar-refractivity contribution in [3.05, 3.63) is 129 Å². The van der Waals surface area contributed by atoms with E-state index in [1.54, 1.807) is 50.3 Å². The van der Waals surface area contributed by atoms with Crippen LogP contribution in [0.4, 0.5) is 10.3 Å². The Kier molecular flexibility index (Phi) is 13.2. The number of thiazole rings is 2.